The normalized spacial score (nSPS) is 12.6. The second-order valence-corrected chi connectivity index (χ2v) is 6.69. The Balaban J connectivity index is 2.11. The molecule has 6 nitrogen and oxygen atoms in total. The summed E-state index contributed by atoms with van der Waals surface area (Å²) >= 11 is 5.64. The quantitative estimate of drug-likeness (QED) is 0.378. The molecule has 0 atom stereocenters. The number of nitrogens with one attached hydrogen (secondary N) is 1. The number of nitrogens with two attached hydrogens (primary N) is 2. The number of nitrogen functional groups attached to an aromatic ring is 2. The molecular formula is C18H13ClF6N6. The molecule has 0 bridgehead atoms. The molecule has 0 saturated carbocycles. The van der Waals surface area contributed by atoms with Gasteiger partial charge in [-0.1, -0.05) is 24.3 Å². The van der Waals surface area contributed by atoms with Gasteiger partial charge in [0, 0.05) is 11.4 Å². The van der Waals surface area contributed by atoms with E-state index in [4.69, 9.17) is 23.1 Å². The van der Waals surface area contributed by atoms with Gasteiger partial charge in [0.15, 0.2) is 0 Å². The first-order valence-electron chi connectivity index (χ1n) is 8.38. The minimum absolute atomic E-state index is 0.0248. The van der Waals surface area contributed by atoms with E-state index in [1.807, 2.05) is 0 Å². The first-order valence-corrected chi connectivity index (χ1v) is 8.76. The van der Waals surface area contributed by atoms with Crippen molar-refractivity contribution in [3.63, 3.8) is 0 Å². The van der Waals surface area contributed by atoms with Crippen LogP contribution < -0.4 is 16.8 Å². The monoisotopic (exact) mass is 462 g/mol. The summed E-state index contributed by atoms with van der Waals surface area (Å²) in [7, 11) is 0. The van der Waals surface area contributed by atoms with E-state index in [1.54, 1.807) is 0 Å². The number of aromatic nitrogens is 3. The minimum atomic E-state index is -5.70. The molecule has 31 heavy (non-hydrogen) atoms. The van der Waals surface area contributed by atoms with Gasteiger partial charge in [0.05, 0.1) is 0 Å². The average molecular weight is 463 g/mol. The summed E-state index contributed by atoms with van der Waals surface area (Å²) in [6.45, 7) is 0. The molecule has 2 aromatic carbocycles. The Labute approximate surface area is 176 Å². The van der Waals surface area contributed by atoms with E-state index in [-0.39, 0.29) is 28.6 Å². The maximum Gasteiger partial charge on any atom is 0.411 e. The van der Waals surface area contributed by atoms with Crippen molar-refractivity contribution in [2.75, 3.05) is 16.8 Å². The number of anilines is 4. The van der Waals surface area contributed by atoms with Gasteiger partial charge < -0.3 is 16.8 Å². The van der Waals surface area contributed by atoms with E-state index in [0.717, 1.165) is 24.3 Å². The van der Waals surface area contributed by atoms with E-state index < -0.39 is 28.9 Å². The SMILES string of the molecule is Nc1ccc(C(c2ccc(Nc3nc(N)nc(Cl)n3)cc2)(C(F)(F)F)C(F)(F)F)cc1. The lowest BCUT2D eigenvalue weighted by atomic mass is 9.73. The number of alkyl halides is 6. The molecule has 0 radical (unpaired) electrons. The van der Waals surface area contributed by atoms with E-state index in [2.05, 4.69) is 20.3 Å². The molecule has 5 N–H and O–H groups in total. The number of benzene rings is 2. The second-order valence-electron chi connectivity index (χ2n) is 6.36. The standard InChI is InChI=1S/C18H13ClF6N6/c19-13-29-14(27)31-15(30-13)28-12-7-3-10(4-8-12)16(17(20,21)22,18(23,24)25)9-1-5-11(26)6-2-9/h1-8H,26H2,(H3,27,28,29,30,31). The van der Waals surface area contributed by atoms with Crippen molar-refractivity contribution in [1.29, 1.82) is 0 Å². The number of hydrogen-bond donors (Lipinski definition) is 3. The number of rotatable bonds is 4. The lowest BCUT2D eigenvalue weighted by Crippen LogP contribution is -2.54. The third-order valence-electron chi connectivity index (χ3n) is 4.39. The molecular weight excluding hydrogens is 450 g/mol. The summed E-state index contributed by atoms with van der Waals surface area (Å²) in [6.07, 6.45) is -11.4. The fourth-order valence-corrected chi connectivity index (χ4v) is 3.24. The Bertz CT molecular complexity index is 1030. The molecule has 0 saturated heterocycles. The van der Waals surface area contributed by atoms with Gasteiger partial charge in [-0.15, -0.1) is 0 Å². The van der Waals surface area contributed by atoms with Crippen LogP contribution in [0.4, 0.5) is 49.6 Å². The van der Waals surface area contributed by atoms with Crippen molar-refractivity contribution in [3.05, 3.63) is 64.9 Å². The van der Waals surface area contributed by atoms with Crippen LogP contribution in [0, 0.1) is 0 Å². The predicted octanol–water partition coefficient (Wildman–Crippen LogP) is 4.84. The molecule has 13 heteroatoms. The molecule has 0 fully saturated rings. The number of halogens is 7. The van der Waals surface area contributed by atoms with Crippen LogP contribution in [-0.2, 0) is 5.41 Å². The third-order valence-corrected chi connectivity index (χ3v) is 4.56. The van der Waals surface area contributed by atoms with Crippen LogP contribution in [0.25, 0.3) is 0 Å². The van der Waals surface area contributed by atoms with Crippen LogP contribution in [0.1, 0.15) is 11.1 Å². The summed E-state index contributed by atoms with van der Waals surface area (Å²) in [6, 6.07) is 6.84. The van der Waals surface area contributed by atoms with E-state index in [9.17, 15) is 26.3 Å². The van der Waals surface area contributed by atoms with Crippen molar-refractivity contribution in [1.82, 2.24) is 15.0 Å². The second kappa shape index (κ2) is 7.76. The van der Waals surface area contributed by atoms with Gasteiger partial charge in [0.25, 0.3) is 0 Å². The van der Waals surface area contributed by atoms with Crippen molar-refractivity contribution < 1.29 is 26.3 Å². The van der Waals surface area contributed by atoms with Gasteiger partial charge in [-0.2, -0.15) is 41.3 Å². The summed E-state index contributed by atoms with van der Waals surface area (Å²) < 4.78 is 84.3. The summed E-state index contributed by atoms with van der Waals surface area (Å²) in [5.41, 5.74) is 4.66. The van der Waals surface area contributed by atoms with Crippen LogP contribution in [0.5, 0.6) is 0 Å². The van der Waals surface area contributed by atoms with Crippen molar-refractivity contribution in [2.24, 2.45) is 0 Å². The lowest BCUT2D eigenvalue weighted by molar-refractivity contribution is -0.288. The molecule has 0 amide bonds. The molecule has 1 aromatic heterocycles. The number of nitrogens with zero attached hydrogens (tertiary/aromatic N) is 3. The Morgan fingerprint density at radius 1 is 0.710 bits per heavy atom. The smallest absolute Gasteiger partial charge is 0.399 e. The molecule has 0 spiro atoms. The Hall–Kier alpha value is -3.28. The minimum Gasteiger partial charge on any atom is -0.399 e. The predicted molar refractivity (Wildman–Crippen MR) is 103 cm³/mol. The van der Waals surface area contributed by atoms with E-state index >= 15 is 0 Å². The first-order chi connectivity index (χ1) is 14.3. The third kappa shape index (κ3) is 4.15. The molecule has 0 aliphatic heterocycles. The molecule has 0 aliphatic carbocycles. The van der Waals surface area contributed by atoms with Crippen LogP contribution in [0.15, 0.2) is 48.5 Å². The van der Waals surface area contributed by atoms with Gasteiger partial charge >= 0.3 is 12.4 Å². The van der Waals surface area contributed by atoms with Gasteiger partial charge in [-0.25, -0.2) is 0 Å². The fourth-order valence-electron chi connectivity index (χ4n) is 3.07. The Kier molecular flexibility index (Phi) is 5.61. The van der Waals surface area contributed by atoms with Crippen molar-refractivity contribution in [3.8, 4) is 0 Å². The molecule has 3 rings (SSSR count). The highest BCUT2D eigenvalue weighted by molar-refractivity contribution is 6.28. The lowest BCUT2D eigenvalue weighted by Gasteiger charge is -2.38. The van der Waals surface area contributed by atoms with Gasteiger partial charge in [0.1, 0.15) is 0 Å². The summed E-state index contributed by atoms with van der Waals surface area (Å²) in [4.78, 5) is 11.0. The van der Waals surface area contributed by atoms with Crippen LogP contribution in [-0.4, -0.2) is 27.3 Å². The Morgan fingerprint density at radius 3 is 1.65 bits per heavy atom. The fraction of sp³-hybridized carbons (Fsp3) is 0.167. The zero-order valence-electron chi connectivity index (χ0n) is 15.3. The number of hydrogen-bond acceptors (Lipinski definition) is 6. The molecule has 1 heterocycles. The van der Waals surface area contributed by atoms with E-state index in [1.165, 1.54) is 0 Å². The summed E-state index contributed by atoms with van der Waals surface area (Å²) in [5.74, 6) is -0.364. The van der Waals surface area contributed by atoms with Gasteiger partial charge in [0.2, 0.25) is 22.6 Å². The van der Waals surface area contributed by atoms with Gasteiger partial charge in [-0.3, -0.25) is 0 Å². The molecule has 3 aromatic rings. The largest absolute Gasteiger partial charge is 0.411 e. The Morgan fingerprint density at radius 2 is 1.19 bits per heavy atom. The van der Waals surface area contributed by atoms with E-state index in [0.29, 0.717) is 24.3 Å². The van der Waals surface area contributed by atoms with Crippen LogP contribution in [0.2, 0.25) is 5.28 Å². The zero-order chi connectivity index (χ0) is 23.0. The highest BCUT2D eigenvalue weighted by Gasteiger charge is 2.72. The van der Waals surface area contributed by atoms with Gasteiger partial charge in [-0.05, 0) is 47.0 Å². The van der Waals surface area contributed by atoms with Crippen LogP contribution in [0.3, 0.4) is 0 Å². The van der Waals surface area contributed by atoms with Crippen LogP contribution >= 0.6 is 11.6 Å². The summed E-state index contributed by atoms with van der Waals surface area (Å²) in [5, 5.41) is 2.34. The molecule has 164 valence electrons. The highest BCUT2D eigenvalue weighted by Crippen LogP contribution is 2.56. The average Bonchev–Trinajstić information content (AvgIpc) is 2.62. The maximum absolute atomic E-state index is 14.1. The maximum atomic E-state index is 14.1. The van der Waals surface area contributed by atoms with Crippen molar-refractivity contribution in [2.45, 2.75) is 17.8 Å². The topological polar surface area (TPSA) is 103 Å². The molecule has 0 unspecified atom stereocenters. The van der Waals surface area contributed by atoms with Crippen molar-refractivity contribution >= 4 is 34.9 Å². The zero-order valence-corrected chi connectivity index (χ0v) is 16.0. The first kappa shape index (κ1) is 22.4. The molecule has 0 aliphatic rings. The highest BCUT2D eigenvalue weighted by atomic mass is 35.5.